The van der Waals surface area contributed by atoms with E-state index >= 15 is 0 Å². The van der Waals surface area contributed by atoms with E-state index in [9.17, 15) is 24.8 Å². The number of hydrogen-bond acceptors (Lipinski definition) is 8. The predicted octanol–water partition coefficient (Wildman–Crippen LogP) is 5.29. The minimum atomic E-state index is -1.16. The van der Waals surface area contributed by atoms with Crippen LogP contribution in [0.25, 0.3) is 0 Å². The summed E-state index contributed by atoms with van der Waals surface area (Å²) in [7, 11) is 0. The Morgan fingerprint density at radius 2 is 1.60 bits per heavy atom. The second-order valence-corrected chi connectivity index (χ2v) is 10.9. The molecule has 0 aromatic heterocycles. The first-order valence-corrected chi connectivity index (χ1v) is 14.0. The monoisotopic (exact) mass is 583 g/mol. The SMILES string of the molecule is CC1=C(C(=O)OC(C)C)C(c2cccc([N+](=O)[O-])c2)C(=C(O)OC2CN(C(c3ccccc3)c3ccccc3)C2)C(=O)N1. The number of rotatable bonds is 9. The fourth-order valence-electron chi connectivity index (χ4n) is 5.58. The van der Waals surface area contributed by atoms with Crippen molar-refractivity contribution in [2.24, 2.45) is 0 Å². The lowest BCUT2D eigenvalue weighted by atomic mass is 9.80. The van der Waals surface area contributed by atoms with Gasteiger partial charge in [-0.1, -0.05) is 72.8 Å². The first-order valence-electron chi connectivity index (χ1n) is 14.0. The Kier molecular flexibility index (Phi) is 8.58. The third-order valence-corrected chi connectivity index (χ3v) is 7.48. The van der Waals surface area contributed by atoms with Crippen molar-refractivity contribution in [3.8, 4) is 0 Å². The van der Waals surface area contributed by atoms with E-state index in [1.165, 1.54) is 18.2 Å². The molecule has 0 bridgehead atoms. The van der Waals surface area contributed by atoms with Crippen LogP contribution >= 0.6 is 0 Å². The molecule has 1 saturated heterocycles. The normalized spacial score (nSPS) is 18.7. The highest BCUT2D eigenvalue weighted by Gasteiger charge is 2.42. The number of carbonyl (C=O) groups is 2. The summed E-state index contributed by atoms with van der Waals surface area (Å²) in [6.07, 6.45) is -0.907. The smallest absolute Gasteiger partial charge is 0.337 e. The minimum absolute atomic E-state index is 0.0318. The van der Waals surface area contributed by atoms with Crippen LogP contribution in [0.2, 0.25) is 0 Å². The number of carbonyl (C=O) groups excluding carboxylic acids is 2. The summed E-state index contributed by atoms with van der Waals surface area (Å²) in [5.41, 5.74) is 2.34. The fourth-order valence-corrected chi connectivity index (χ4v) is 5.58. The van der Waals surface area contributed by atoms with Crippen molar-refractivity contribution in [3.05, 3.63) is 135 Å². The largest absolute Gasteiger partial charge is 0.481 e. The Morgan fingerprint density at radius 1 is 1.00 bits per heavy atom. The van der Waals surface area contributed by atoms with E-state index in [1.807, 2.05) is 36.4 Å². The van der Waals surface area contributed by atoms with Crippen molar-refractivity contribution >= 4 is 17.6 Å². The summed E-state index contributed by atoms with van der Waals surface area (Å²) >= 11 is 0. The Balaban J connectivity index is 1.46. The van der Waals surface area contributed by atoms with E-state index in [1.54, 1.807) is 26.8 Å². The summed E-state index contributed by atoms with van der Waals surface area (Å²) in [5, 5.41) is 25.5. The topological polar surface area (TPSA) is 131 Å². The predicted molar refractivity (Wildman–Crippen MR) is 159 cm³/mol. The van der Waals surface area contributed by atoms with E-state index in [-0.39, 0.29) is 34.1 Å². The van der Waals surface area contributed by atoms with Gasteiger partial charge in [0.05, 0.1) is 28.6 Å². The van der Waals surface area contributed by atoms with Crippen LogP contribution < -0.4 is 5.32 Å². The maximum absolute atomic E-state index is 13.3. The third-order valence-electron chi connectivity index (χ3n) is 7.48. The van der Waals surface area contributed by atoms with Gasteiger partial charge in [-0.2, -0.15) is 0 Å². The number of non-ortho nitro benzene ring substituents is 1. The van der Waals surface area contributed by atoms with Crippen molar-refractivity contribution in [2.75, 3.05) is 13.1 Å². The zero-order valence-electron chi connectivity index (χ0n) is 24.1. The molecule has 2 N–H and O–H groups in total. The van der Waals surface area contributed by atoms with E-state index < -0.39 is 40.9 Å². The number of nitrogens with zero attached hydrogens (tertiary/aromatic N) is 2. The molecule has 3 aromatic rings. The number of ether oxygens (including phenoxy) is 2. The van der Waals surface area contributed by atoms with Gasteiger partial charge in [-0.15, -0.1) is 0 Å². The summed E-state index contributed by atoms with van der Waals surface area (Å²) < 4.78 is 11.4. The molecule has 2 aliphatic rings. The maximum atomic E-state index is 13.3. The van der Waals surface area contributed by atoms with Crippen LogP contribution in [0, 0.1) is 10.1 Å². The molecule has 1 fully saturated rings. The number of nitrogens with one attached hydrogen (secondary N) is 1. The summed E-state index contributed by atoms with van der Waals surface area (Å²) in [6.45, 7) is 5.85. The van der Waals surface area contributed by atoms with Gasteiger partial charge < -0.3 is 19.9 Å². The molecule has 10 heteroatoms. The third kappa shape index (κ3) is 6.29. The van der Waals surface area contributed by atoms with Gasteiger partial charge in [0, 0.05) is 30.9 Å². The van der Waals surface area contributed by atoms with Gasteiger partial charge in [0.2, 0.25) is 0 Å². The second kappa shape index (κ2) is 12.5. The average Bonchev–Trinajstić information content (AvgIpc) is 2.96. The Hall–Kier alpha value is -4.96. The van der Waals surface area contributed by atoms with Gasteiger partial charge in [0.25, 0.3) is 17.5 Å². The molecule has 10 nitrogen and oxygen atoms in total. The van der Waals surface area contributed by atoms with Crippen LogP contribution in [0.1, 0.15) is 49.4 Å². The number of allylic oxidation sites excluding steroid dienone is 1. The molecule has 5 rings (SSSR count). The van der Waals surface area contributed by atoms with Gasteiger partial charge in [0.1, 0.15) is 11.7 Å². The second-order valence-electron chi connectivity index (χ2n) is 10.9. The van der Waals surface area contributed by atoms with Crippen LogP contribution in [-0.4, -0.2) is 52.1 Å². The number of likely N-dealkylation sites (tertiary alicyclic amines) is 1. The molecule has 2 heterocycles. The van der Waals surface area contributed by atoms with E-state index in [2.05, 4.69) is 34.5 Å². The van der Waals surface area contributed by atoms with Crippen molar-refractivity contribution in [3.63, 3.8) is 0 Å². The molecule has 0 saturated carbocycles. The van der Waals surface area contributed by atoms with Crippen molar-refractivity contribution < 1.29 is 29.1 Å². The van der Waals surface area contributed by atoms with Crippen molar-refractivity contribution in [1.29, 1.82) is 0 Å². The number of aliphatic hydroxyl groups is 1. The summed E-state index contributed by atoms with van der Waals surface area (Å²) in [6, 6.07) is 25.7. The number of nitro groups is 1. The molecule has 1 unspecified atom stereocenters. The fraction of sp³-hybridized carbons (Fsp3) is 0.273. The van der Waals surface area contributed by atoms with E-state index in [0.717, 1.165) is 11.1 Å². The Morgan fingerprint density at radius 3 is 2.16 bits per heavy atom. The van der Waals surface area contributed by atoms with Crippen LogP contribution in [-0.2, 0) is 19.1 Å². The number of hydrogen-bond donors (Lipinski definition) is 2. The Labute approximate surface area is 249 Å². The molecule has 0 radical (unpaired) electrons. The molecular weight excluding hydrogens is 550 g/mol. The number of amides is 1. The van der Waals surface area contributed by atoms with E-state index in [4.69, 9.17) is 9.47 Å². The molecule has 0 spiro atoms. The van der Waals surface area contributed by atoms with Crippen LogP contribution in [0.4, 0.5) is 5.69 Å². The summed E-state index contributed by atoms with van der Waals surface area (Å²) in [4.78, 5) is 39.8. The molecule has 2 aliphatic heterocycles. The van der Waals surface area contributed by atoms with Crippen LogP contribution in [0.5, 0.6) is 0 Å². The van der Waals surface area contributed by atoms with Gasteiger partial charge in [-0.05, 0) is 37.5 Å². The quantitative estimate of drug-likeness (QED) is 0.114. The molecule has 0 aliphatic carbocycles. The maximum Gasteiger partial charge on any atom is 0.337 e. The molecule has 43 heavy (non-hydrogen) atoms. The Bertz CT molecular complexity index is 1540. The first-order chi connectivity index (χ1) is 20.6. The minimum Gasteiger partial charge on any atom is -0.481 e. The standard InChI is InChI=1S/C33H33N3O7/c1-20(2)42-32(38)27-21(3)34-31(37)29(28(27)24-15-10-16-25(17-24)36(40)41)33(39)43-26-18-35(19-26)30(22-11-6-4-7-12-22)23-13-8-5-9-14-23/h4-17,20,26,28,30,39H,18-19H2,1-3H3,(H,34,37). The highest BCUT2D eigenvalue weighted by atomic mass is 16.6. The number of nitro benzene ring substituents is 1. The van der Waals surface area contributed by atoms with Crippen molar-refractivity contribution in [1.82, 2.24) is 10.2 Å². The molecular formula is C33H33N3O7. The lowest BCUT2D eigenvalue weighted by molar-refractivity contribution is -0.384. The van der Waals surface area contributed by atoms with Crippen LogP contribution in [0.3, 0.4) is 0 Å². The van der Waals surface area contributed by atoms with Gasteiger partial charge in [0.15, 0.2) is 0 Å². The zero-order valence-corrected chi connectivity index (χ0v) is 24.1. The number of aliphatic hydroxyl groups excluding tert-OH is 1. The highest BCUT2D eigenvalue weighted by molar-refractivity contribution is 6.04. The lowest BCUT2D eigenvalue weighted by Gasteiger charge is -2.44. The average molecular weight is 584 g/mol. The van der Waals surface area contributed by atoms with Gasteiger partial charge in [-0.3, -0.25) is 19.8 Å². The molecule has 222 valence electrons. The molecule has 3 aromatic carbocycles. The summed E-state index contributed by atoms with van der Waals surface area (Å²) in [5.74, 6) is -3.18. The molecule has 1 amide bonds. The van der Waals surface area contributed by atoms with Crippen molar-refractivity contribution in [2.45, 2.75) is 44.9 Å². The van der Waals surface area contributed by atoms with Crippen LogP contribution in [0.15, 0.2) is 108 Å². The zero-order chi connectivity index (χ0) is 30.7. The first kappa shape index (κ1) is 29.5. The van der Waals surface area contributed by atoms with E-state index in [0.29, 0.717) is 13.1 Å². The lowest BCUT2D eigenvalue weighted by Crippen LogP contribution is -2.53. The number of benzene rings is 3. The van der Waals surface area contributed by atoms with Gasteiger partial charge >= 0.3 is 5.97 Å². The van der Waals surface area contributed by atoms with Gasteiger partial charge in [-0.25, -0.2) is 4.79 Å². The molecule has 1 atom stereocenters. The number of esters is 1. The highest BCUT2D eigenvalue weighted by Crippen LogP contribution is 2.41.